The molecule has 0 aliphatic heterocycles. The number of benzene rings is 1. The second-order valence-electron chi connectivity index (χ2n) is 2.73. The van der Waals surface area contributed by atoms with Crippen molar-refractivity contribution in [1.82, 2.24) is 0 Å². The van der Waals surface area contributed by atoms with Gasteiger partial charge in [-0.25, -0.2) is 4.39 Å². The molecule has 0 heterocycles. The van der Waals surface area contributed by atoms with Crippen molar-refractivity contribution in [3.05, 3.63) is 28.5 Å². The fourth-order valence-corrected chi connectivity index (χ4v) is 1.14. The van der Waals surface area contributed by atoms with Gasteiger partial charge >= 0.3 is 0 Å². The van der Waals surface area contributed by atoms with Gasteiger partial charge in [0.2, 0.25) is 0 Å². The Balaban J connectivity index is 2.67. The van der Waals surface area contributed by atoms with Crippen molar-refractivity contribution >= 4 is 15.9 Å². The summed E-state index contributed by atoms with van der Waals surface area (Å²) < 4.78 is 18.7. The van der Waals surface area contributed by atoms with Gasteiger partial charge in [0.05, 0.1) is 6.10 Å². The minimum atomic E-state index is -0.594. The van der Waals surface area contributed by atoms with Crippen molar-refractivity contribution in [3.63, 3.8) is 0 Å². The van der Waals surface area contributed by atoms with Crippen LogP contribution in [0.5, 0.6) is 5.75 Å². The lowest BCUT2D eigenvalue weighted by atomic mass is 10.3. The predicted octanol–water partition coefficient (Wildman–Crippen LogP) is 2.35. The Morgan fingerprint density at radius 1 is 1.62 bits per heavy atom. The van der Waals surface area contributed by atoms with E-state index in [0.717, 1.165) is 0 Å². The molecule has 1 aromatic rings. The van der Waals surface area contributed by atoms with E-state index in [2.05, 4.69) is 15.9 Å². The summed E-state index contributed by atoms with van der Waals surface area (Å²) in [6.07, 6.45) is -0.594. The van der Waals surface area contributed by atoms with Gasteiger partial charge in [-0.3, -0.25) is 0 Å². The highest BCUT2D eigenvalue weighted by molar-refractivity contribution is 9.10. The molecule has 0 bridgehead atoms. The minimum absolute atomic E-state index is 0.0958. The standard InChI is InChI=1S/C9H10BrFO2/c1-6(12)5-13-9-3-2-7(10)4-8(9)11/h2-4,6,12H,5H2,1H3/t6-/m0/s1. The van der Waals surface area contributed by atoms with E-state index in [9.17, 15) is 4.39 Å². The van der Waals surface area contributed by atoms with Crippen molar-refractivity contribution in [1.29, 1.82) is 0 Å². The number of hydrogen-bond donors (Lipinski definition) is 1. The molecule has 4 heteroatoms. The predicted molar refractivity (Wildman–Crippen MR) is 51.3 cm³/mol. The molecular weight excluding hydrogens is 239 g/mol. The van der Waals surface area contributed by atoms with E-state index in [-0.39, 0.29) is 12.4 Å². The molecule has 0 unspecified atom stereocenters. The Kier molecular flexibility index (Phi) is 3.69. The molecule has 0 aliphatic rings. The molecule has 1 N–H and O–H groups in total. The van der Waals surface area contributed by atoms with Crippen molar-refractivity contribution in [2.75, 3.05) is 6.61 Å². The third-order valence-electron chi connectivity index (χ3n) is 1.37. The van der Waals surface area contributed by atoms with E-state index < -0.39 is 11.9 Å². The molecule has 0 aromatic heterocycles. The van der Waals surface area contributed by atoms with Crippen LogP contribution in [0.25, 0.3) is 0 Å². The number of aliphatic hydroxyl groups excluding tert-OH is 1. The van der Waals surface area contributed by atoms with Gasteiger partial charge in [0.25, 0.3) is 0 Å². The molecule has 1 rings (SSSR count). The molecule has 0 saturated heterocycles. The van der Waals surface area contributed by atoms with Crippen LogP contribution in [-0.2, 0) is 0 Å². The average Bonchev–Trinajstić information content (AvgIpc) is 2.02. The Bertz CT molecular complexity index is 289. The van der Waals surface area contributed by atoms with Crippen molar-refractivity contribution < 1.29 is 14.2 Å². The van der Waals surface area contributed by atoms with Gasteiger partial charge in [-0.1, -0.05) is 15.9 Å². The van der Waals surface area contributed by atoms with Crippen LogP contribution < -0.4 is 4.74 Å². The highest BCUT2D eigenvalue weighted by atomic mass is 79.9. The van der Waals surface area contributed by atoms with Gasteiger partial charge in [0.15, 0.2) is 11.6 Å². The fraction of sp³-hybridized carbons (Fsp3) is 0.333. The zero-order valence-electron chi connectivity index (χ0n) is 7.13. The van der Waals surface area contributed by atoms with E-state index in [0.29, 0.717) is 4.47 Å². The summed E-state index contributed by atoms with van der Waals surface area (Å²) in [5.74, 6) is -0.279. The Labute approximate surface area is 84.5 Å². The van der Waals surface area contributed by atoms with Crippen LogP contribution in [0.2, 0.25) is 0 Å². The van der Waals surface area contributed by atoms with Crippen LogP contribution in [-0.4, -0.2) is 17.8 Å². The third kappa shape index (κ3) is 3.32. The van der Waals surface area contributed by atoms with Gasteiger partial charge in [0.1, 0.15) is 6.61 Å². The number of aliphatic hydroxyl groups is 1. The Hall–Kier alpha value is -0.610. The molecule has 0 aliphatic carbocycles. The zero-order chi connectivity index (χ0) is 9.84. The Morgan fingerprint density at radius 2 is 2.31 bits per heavy atom. The molecule has 0 amide bonds. The fourth-order valence-electron chi connectivity index (χ4n) is 0.803. The largest absolute Gasteiger partial charge is 0.488 e. The summed E-state index contributed by atoms with van der Waals surface area (Å²) in [6, 6.07) is 4.51. The summed E-state index contributed by atoms with van der Waals surface area (Å²) in [6.45, 7) is 1.68. The second-order valence-corrected chi connectivity index (χ2v) is 3.65. The SMILES string of the molecule is C[C@H](O)COc1ccc(Br)cc1F. The van der Waals surface area contributed by atoms with Gasteiger partial charge in [-0.05, 0) is 25.1 Å². The molecule has 0 spiro atoms. The molecule has 72 valence electrons. The van der Waals surface area contributed by atoms with Crippen LogP contribution in [0.1, 0.15) is 6.92 Å². The summed E-state index contributed by atoms with van der Waals surface area (Å²) in [5, 5.41) is 8.90. The first-order valence-corrected chi connectivity index (χ1v) is 4.65. The highest BCUT2D eigenvalue weighted by Gasteiger charge is 2.04. The molecule has 0 fully saturated rings. The number of hydrogen-bond acceptors (Lipinski definition) is 2. The lowest BCUT2D eigenvalue weighted by molar-refractivity contribution is 0.120. The van der Waals surface area contributed by atoms with Crippen molar-refractivity contribution in [2.24, 2.45) is 0 Å². The van der Waals surface area contributed by atoms with Gasteiger partial charge in [0, 0.05) is 4.47 Å². The monoisotopic (exact) mass is 248 g/mol. The average molecular weight is 249 g/mol. The van der Waals surface area contributed by atoms with Crippen LogP contribution in [0.3, 0.4) is 0 Å². The number of ether oxygens (including phenoxy) is 1. The topological polar surface area (TPSA) is 29.5 Å². The van der Waals surface area contributed by atoms with E-state index in [1.54, 1.807) is 13.0 Å². The van der Waals surface area contributed by atoms with Crippen molar-refractivity contribution in [2.45, 2.75) is 13.0 Å². The maximum atomic E-state index is 13.1. The van der Waals surface area contributed by atoms with Gasteiger partial charge < -0.3 is 9.84 Å². The lowest BCUT2D eigenvalue weighted by Crippen LogP contribution is -2.13. The maximum Gasteiger partial charge on any atom is 0.166 e. The first-order valence-electron chi connectivity index (χ1n) is 3.85. The van der Waals surface area contributed by atoms with Crippen LogP contribution in [0, 0.1) is 5.82 Å². The number of halogens is 2. The van der Waals surface area contributed by atoms with Gasteiger partial charge in [-0.2, -0.15) is 0 Å². The zero-order valence-corrected chi connectivity index (χ0v) is 8.71. The normalized spacial score (nSPS) is 12.6. The van der Waals surface area contributed by atoms with Crippen LogP contribution >= 0.6 is 15.9 Å². The maximum absolute atomic E-state index is 13.1. The number of rotatable bonds is 3. The first-order chi connectivity index (χ1) is 6.09. The van der Waals surface area contributed by atoms with Crippen molar-refractivity contribution in [3.8, 4) is 5.75 Å². The molecule has 13 heavy (non-hydrogen) atoms. The summed E-state index contributed by atoms with van der Waals surface area (Å²) in [4.78, 5) is 0. The van der Waals surface area contributed by atoms with E-state index in [1.165, 1.54) is 12.1 Å². The minimum Gasteiger partial charge on any atom is -0.488 e. The smallest absolute Gasteiger partial charge is 0.166 e. The third-order valence-corrected chi connectivity index (χ3v) is 1.87. The van der Waals surface area contributed by atoms with E-state index in [4.69, 9.17) is 9.84 Å². The second kappa shape index (κ2) is 4.58. The van der Waals surface area contributed by atoms with E-state index >= 15 is 0 Å². The molecule has 0 saturated carbocycles. The summed E-state index contributed by atoms with van der Waals surface area (Å²) >= 11 is 3.13. The molecule has 1 aromatic carbocycles. The molecule has 1 atom stereocenters. The summed E-state index contributed by atoms with van der Waals surface area (Å²) in [5.41, 5.74) is 0. The molecular formula is C9H10BrFO2. The van der Waals surface area contributed by atoms with E-state index in [1.807, 2.05) is 0 Å². The van der Waals surface area contributed by atoms with Gasteiger partial charge in [-0.15, -0.1) is 0 Å². The quantitative estimate of drug-likeness (QED) is 0.890. The first kappa shape index (κ1) is 10.5. The molecule has 0 radical (unpaired) electrons. The Morgan fingerprint density at radius 3 is 2.85 bits per heavy atom. The molecule has 2 nitrogen and oxygen atoms in total. The summed E-state index contributed by atoms with van der Waals surface area (Å²) in [7, 11) is 0. The highest BCUT2D eigenvalue weighted by Crippen LogP contribution is 2.21. The van der Waals surface area contributed by atoms with Crippen LogP contribution in [0.4, 0.5) is 4.39 Å². The lowest BCUT2D eigenvalue weighted by Gasteiger charge is -2.08. The van der Waals surface area contributed by atoms with Crippen LogP contribution in [0.15, 0.2) is 22.7 Å².